The number of rotatable bonds is 4. The highest BCUT2D eigenvalue weighted by Crippen LogP contribution is 2.42. The Labute approximate surface area is 361 Å². The summed E-state index contributed by atoms with van der Waals surface area (Å²) in [6, 6.07) is 4.37. The molecule has 5 aliphatic rings. The molecule has 1 saturated carbocycles. The highest BCUT2D eigenvalue weighted by atomic mass is 16.5. The average molecular weight is 814 g/mol. The highest BCUT2D eigenvalue weighted by molar-refractivity contribution is 5.45. The maximum absolute atomic E-state index is 5.93. The first-order chi connectivity index (χ1) is 26.5. The summed E-state index contributed by atoms with van der Waals surface area (Å²) in [6.45, 7) is 49.5. The minimum absolute atomic E-state index is 0.140. The average Bonchev–Trinajstić information content (AvgIpc) is 3.45. The van der Waals surface area contributed by atoms with E-state index in [9.17, 15) is 0 Å². The Morgan fingerprint density at radius 2 is 1.19 bits per heavy atom. The van der Waals surface area contributed by atoms with Gasteiger partial charge in [0.1, 0.15) is 0 Å². The summed E-state index contributed by atoms with van der Waals surface area (Å²) in [6.07, 6.45) is 9.64. The number of likely N-dealkylation sites (N-methyl/N-ethyl adjacent to an activating group) is 2. The van der Waals surface area contributed by atoms with Crippen LogP contribution in [0.3, 0.4) is 0 Å². The predicted molar refractivity (Wildman–Crippen MR) is 254 cm³/mol. The molecule has 5 heterocycles. The Bertz CT molecular complexity index is 1230. The van der Waals surface area contributed by atoms with E-state index in [1.54, 1.807) is 0 Å². The topological polar surface area (TPSA) is 64.3 Å². The molecule has 4 aliphatic heterocycles. The van der Waals surface area contributed by atoms with E-state index in [2.05, 4.69) is 167 Å². The lowest BCUT2D eigenvalue weighted by atomic mass is 9.80. The molecular weight excluding hydrogens is 715 g/mol. The summed E-state index contributed by atoms with van der Waals surface area (Å²) >= 11 is 0. The van der Waals surface area contributed by atoms with E-state index >= 15 is 0 Å². The number of pyridine rings is 1. The van der Waals surface area contributed by atoms with Crippen LogP contribution < -0.4 is 10.6 Å². The Balaban J connectivity index is 0.000000256. The molecule has 8 heteroatoms. The van der Waals surface area contributed by atoms with Crippen LogP contribution in [0.2, 0.25) is 0 Å². The van der Waals surface area contributed by atoms with Gasteiger partial charge in [-0.05, 0) is 118 Å². The molecule has 0 radical (unpaired) electrons. The van der Waals surface area contributed by atoms with Crippen LogP contribution in [0.25, 0.3) is 0 Å². The number of nitrogens with zero attached hydrogens (tertiary/aromatic N) is 6. The van der Waals surface area contributed by atoms with E-state index in [0.29, 0.717) is 21.7 Å². The van der Waals surface area contributed by atoms with Crippen molar-refractivity contribution in [2.24, 2.45) is 39.2 Å². The molecule has 4 saturated heterocycles. The van der Waals surface area contributed by atoms with Crippen molar-refractivity contribution in [3.8, 4) is 0 Å². The zero-order chi connectivity index (χ0) is 44.2. The smallest absolute Gasteiger partial charge is 0.0553 e. The van der Waals surface area contributed by atoms with Gasteiger partial charge in [0.15, 0.2) is 0 Å². The summed E-state index contributed by atoms with van der Waals surface area (Å²) < 4.78 is 5.28. The third-order valence-corrected chi connectivity index (χ3v) is 12.7. The first-order valence-electron chi connectivity index (χ1n) is 23.3. The van der Waals surface area contributed by atoms with Crippen molar-refractivity contribution < 1.29 is 4.74 Å². The van der Waals surface area contributed by atoms with Crippen LogP contribution in [-0.2, 0) is 10.2 Å². The Hall–Kier alpha value is -1.29. The number of nitrogens with two attached hydrogens (primary N) is 1. The number of piperazine rings is 2. The van der Waals surface area contributed by atoms with Crippen molar-refractivity contribution in [1.29, 1.82) is 0 Å². The van der Waals surface area contributed by atoms with Crippen LogP contribution in [0, 0.1) is 33.5 Å². The molecule has 6 rings (SSSR count). The molecule has 1 aliphatic carbocycles. The molecule has 340 valence electrons. The summed E-state index contributed by atoms with van der Waals surface area (Å²) in [7, 11) is 6.60. The fourth-order valence-electron chi connectivity index (χ4n) is 7.90. The van der Waals surface area contributed by atoms with Gasteiger partial charge in [-0.3, -0.25) is 4.98 Å². The number of hydrogen-bond acceptors (Lipinski definition) is 8. The van der Waals surface area contributed by atoms with Gasteiger partial charge in [0.2, 0.25) is 0 Å². The van der Waals surface area contributed by atoms with Gasteiger partial charge >= 0.3 is 0 Å². The maximum atomic E-state index is 5.93. The Morgan fingerprint density at radius 1 is 0.655 bits per heavy atom. The molecule has 0 aromatic carbocycles. The van der Waals surface area contributed by atoms with Gasteiger partial charge in [-0.2, -0.15) is 0 Å². The van der Waals surface area contributed by atoms with Crippen LogP contribution in [-0.4, -0.2) is 136 Å². The highest BCUT2D eigenvalue weighted by Gasteiger charge is 2.41. The van der Waals surface area contributed by atoms with Crippen molar-refractivity contribution in [1.82, 2.24) is 24.6 Å². The van der Waals surface area contributed by atoms with Crippen molar-refractivity contribution in [2.75, 3.05) is 111 Å². The normalized spacial score (nSPS) is 23.7. The molecule has 0 spiro atoms. The van der Waals surface area contributed by atoms with E-state index < -0.39 is 0 Å². The van der Waals surface area contributed by atoms with Crippen LogP contribution in [0.15, 0.2) is 18.3 Å². The van der Waals surface area contributed by atoms with Gasteiger partial charge < -0.3 is 35.0 Å². The molecule has 5 fully saturated rings. The quantitative estimate of drug-likeness (QED) is 0.323. The summed E-state index contributed by atoms with van der Waals surface area (Å²) in [4.78, 5) is 16.8. The first kappa shape index (κ1) is 52.8. The van der Waals surface area contributed by atoms with Crippen molar-refractivity contribution >= 4 is 5.69 Å². The molecule has 2 unspecified atom stereocenters. The minimum Gasteiger partial charge on any atom is -0.381 e. The zero-order valence-corrected chi connectivity index (χ0v) is 42.0. The lowest BCUT2D eigenvalue weighted by molar-refractivity contribution is 0.139. The molecule has 1 aromatic heterocycles. The van der Waals surface area contributed by atoms with Gasteiger partial charge in [0.25, 0.3) is 0 Å². The summed E-state index contributed by atoms with van der Waals surface area (Å²) in [5.41, 5.74) is 10.6. The Morgan fingerprint density at radius 3 is 1.50 bits per heavy atom. The molecular formula is C50H99N7O. The lowest BCUT2D eigenvalue weighted by Gasteiger charge is -2.34. The van der Waals surface area contributed by atoms with Gasteiger partial charge in [-0.1, -0.05) is 104 Å². The first-order valence-corrected chi connectivity index (χ1v) is 23.3. The fraction of sp³-hybridized carbons (Fsp3) is 0.900. The van der Waals surface area contributed by atoms with Gasteiger partial charge in [-0.15, -0.1) is 0 Å². The lowest BCUT2D eigenvalue weighted by Crippen LogP contribution is -2.45. The predicted octanol–water partition coefficient (Wildman–Crippen LogP) is 9.77. The second-order valence-corrected chi connectivity index (χ2v) is 24.5. The second kappa shape index (κ2) is 22.7. The van der Waals surface area contributed by atoms with E-state index in [4.69, 9.17) is 10.5 Å². The summed E-state index contributed by atoms with van der Waals surface area (Å²) in [5.74, 6) is 1.70. The third-order valence-electron chi connectivity index (χ3n) is 12.7. The molecule has 58 heavy (non-hydrogen) atoms. The number of ether oxygens (including phenoxy) is 1. The Kier molecular flexibility index (Phi) is 20.7. The van der Waals surface area contributed by atoms with E-state index in [1.807, 2.05) is 6.20 Å². The van der Waals surface area contributed by atoms with E-state index in [-0.39, 0.29) is 11.0 Å². The van der Waals surface area contributed by atoms with Gasteiger partial charge in [0.05, 0.1) is 11.9 Å². The molecule has 2 atom stereocenters. The molecule has 8 nitrogen and oxygen atoms in total. The maximum Gasteiger partial charge on any atom is 0.0553 e. The van der Waals surface area contributed by atoms with E-state index in [1.165, 1.54) is 90.0 Å². The van der Waals surface area contributed by atoms with Crippen LogP contribution >= 0.6 is 0 Å². The van der Waals surface area contributed by atoms with Crippen molar-refractivity contribution in [2.45, 2.75) is 153 Å². The third kappa shape index (κ3) is 22.5. The molecule has 1 aromatic rings. The van der Waals surface area contributed by atoms with Crippen molar-refractivity contribution in [3.63, 3.8) is 0 Å². The van der Waals surface area contributed by atoms with Gasteiger partial charge in [-0.25, -0.2) is 0 Å². The fourth-order valence-corrected chi connectivity index (χ4v) is 7.90. The molecule has 0 amide bonds. The number of hydrogen-bond donors (Lipinski definition) is 1. The van der Waals surface area contributed by atoms with Crippen LogP contribution in [0.4, 0.5) is 5.69 Å². The monoisotopic (exact) mass is 814 g/mol. The minimum atomic E-state index is 0.140. The van der Waals surface area contributed by atoms with E-state index in [0.717, 1.165) is 56.9 Å². The van der Waals surface area contributed by atoms with Gasteiger partial charge in [0, 0.05) is 88.8 Å². The summed E-state index contributed by atoms with van der Waals surface area (Å²) in [5, 5.41) is 0. The molecule has 0 bridgehead atoms. The zero-order valence-electron chi connectivity index (χ0n) is 42.0. The SMILES string of the molecule is CC(C)(C)C1CCOC1.CC(C)(C)CC1(N)CC1.CN1CCC(C(C)(C)C)C1.CN1CCN(CCC(C)(C)C)CC1.CN1CCN(c2ccc(C(C)(C)C)nc2)CC1. The number of anilines is 1. The van der Waals surface area contributed by atoms with Crippen molar-refractivity contribution in [3.05, 3.63) is 24.0 Å². The molecule has 2 N–H and O–H groups in total. The second-order valence-electron chi connectivity index (χ2n) is 24.5. The number of likely N-dealkylation sites (tertiary alicyclic amines) is 1. The van der Waals surface area contributed by atoms with Crippen LogP contribution in [0.5, 0.6) is 0 Å². The largest absolute Gasteiger partial charge is 0.381 e. The van der Waals surface area contributed by atoms with Crippen LogP contribution in [0.1, 0.15) is 148 Å². The number of aromatic nitrogens is 1. The standard InChI is InChI=1S/C14H23N3.C11H24N2.C9H19N.C8H17N.C8H16O/c1-14(2,3)13-6-5-12(11-15-13)17-9-7-16(4)8-10-17;1-11(2,3)5-6-13-9-7-12(4)8-10-13;1-9(2,3)8-5-6-10(4)7-8;1-7(2,3)6-8(9)4-5-8;1-8(2,3)7-4-5-9-6-7/h5-6,11H,7-10H2,1-4H3;5-10H2,1-4H3;8H,5-7H2,1-4H3;4-6,9H2,1-3H3;7H,4-6H2,1-3H3.